The zero-order chi connectivity index (χ0) is 22.9. The predicted octanol–water partition coefficient (Wildman–Crippen LogP) is 2.80. The van der Waals surface area contributed by atoms with Gasteiger partial charge < -0.3 is 24.0 Å². The number of benzene rings is 1. The number of anilines is 3. The molecular formula is C24H27FN6O2. The van der Waals surface area contributed by atoms with Crippen LogP contribution in [0.1, 0.15) is 21.8 Å². The molecule has 0 bridgehead atoms. The standard InChI is InChI=1S/C24H27FN6O2/c1-28(2)22-17-16-31(23(32)21-8-5-15-33-21)10-9-19(17)26-24(27-22)30-13-11-29(12-14-30)20-7-4-3-6-18(20)25/h3-8,15H,9-14,16H2,1-2H3. The van der Waals surface area contributed by atoms with Crippen molar-refractivity contribution in [2.75, 3.05) is 61.5 Å². The Morgan fingerprint density at radius 3 is 2.45 bits per heavy atom. The van der Waals surface area contributed by atoms with Gasteiger partial charge in [0.25, 0.3) is 5.91 Å². The third-order valence-electron chi connectivity index (χ3n) is 6.23. The summed E-state index contributed by atoms with van der Waals surface area (Å²) in [6.07, 6.45) is 2.17. The number of hydrogen-bond acceptors (Lipinski definition) is 7. The van der Waals surface area contributed by atoms with E-state index in [1.54, 1.807) is 23.1 Å². The molecule has 1 aromatic carbocycles. The van der Waals surface area contributed by atoms with Gasteiger partial charge in [0.2, 0.25) is 5.95 Å². The smallest absolute Gasteiger partial charge is 0.289 e. The van der Waals surface area contributed by atoms with Crippen molar-refractivity contribution in [1.29, 1.82) is 0 Å². The zero-order valence-corrected chi connectivity index (χ0v) is 18.9. The Hall–Kier alpha value is -3.62. The Kier molecular flexibility index (Phi) is 5.62. The van der Waals surface area contributed by atoms with Crippen LogP contribution in [0.5, 0.6) is 0 Å². The fraction of sp³-hybridized carbons (Fsp3) is 0.375. The maximum atomic E-state index is 14.2. The second kappa shape index (κ2) is 8.73. The lowest BCUT2D eigenvalue weighted by atomic mass is 10.1. The molecule has 5 rings (SSSR count). The van der Waals surface area contributed by atoms with Crippen molar-refractivity contribution in [3.63, 3.8) is 0 Å². The molecule has 1 fully saturated rings. The van der Waals surface area contributed by atoms with E-state index < -0.39 is 0 Å². The molecule has 2 aliphatic heterocycles. The van der Waals surface area contributed by atoms with Gasteiger partial charge in [-0.25, -0.2) is 9.37 Å². The molecule has 0 spiro atoms. The molecule has 0 saturated carbocycles. The number of piperazine rings is 1. The Bertz CT molecular complexity index is 1140. The van der Waals surface area contributed by atoms with Gasteiger partial charge in [-0.2, -0.15) is 4.98 Å². The van der Waals surface area contributed by atoms with Crippen molar-refractivity contribution in [3.8, 4) is 0 Å². The monoisotopic (exact) mass is 450 g/mol. The predicted molar refractivity (Wildman–Crippen MR) is 124 cm³/mol. The number of hydrogen-bond donors (Lipinski definition) is 0. The number of carbonyl (C=O) groups excluding carboxylic acids is 1. The summed E-state index contributed by atoms with van der Waals surface area (Å²) in [6, 6.07) is 10.3. The summed E-state index contributed by atoms with van der Waals surface area (Å²) in [5.74, 6) is 1.54. The average molecular weight is 451 g/mol. The van der Waals surface area contributed by atoms with Gasteiger partial charge in [-0.05, 0) is 24.3 Å². The van der Waals surface area contributed by atoms with Crippen LogP contribution in [-0.4, -0.2) is 67.6 Å². The molecule has 0 radical (unpaired) electrons. The van der Waals surface area contributed by atoms with Crippen LogP contribution in [0, 0.1) is 5.82 Å². The number of para-hydroxylation sites is 1. The van der Waals surface area contributed by atoms with Crippen LogP contribution in [0.4, 0.5) is 21.8 Å². The van der Waals surface area contributed by atoms with Crippen molar-refractivity contribution < 1.29 is 13.6 Å². The molecule has 2 aromatic heterocycles. The summed E-state index contributed by atoms with van der Waals surface area (Å²) < 4.78 is 19.5. The van der Waals surface area contributed by atoms with Gasteiger partial charge >= 0.3 is 0 Å². The third kappa shape index (κ3) is 4.10. The number of fused-ring (bicyclic) bond motifs is 1. The maximum absolute atomic E-state index is 14.2. The van der Waals surface area contributed by atoms with Crippen LogP contribution in [0.15, 0.2) is 47.1 Å². The Morgan fingerprint density at radius 1 is 1.00 bits per heavy atom. The quantitative estimate of drug-likeness (QED) is 0.605. The minimum absolute atomic E-state index is 0.122. The van der Waals surface area contributed by atoms with Crippen molar-refractivity contribution in [1.82, 2.24) is 14.9 Å². The van der Waals surface area contributed by atoms with Gasteiger partial charge in [0.05, 0.1) is 24.2 Å². The Balaban J connectivity index is 1.35. The van der Waals surface area contributed by atoms with E-state index >= 15 is 0 Å². The first-order valence-electron chi connectivity index (χ1n) is 11.2. The normalized spacial score (nSPS) is 16.0. The van der Waals surface area contributed by atoms with E-state index in [1.807, 2.05) is 31.1 Å². The molecule has 172 valence electrons. The fourth-order valence-electron chi connectivity index (χ4n) is 4.48. The number of nitrogens with zero attached hydrogens (tertiary/aromatic N) is 6. The molecular weight excluding hydrogens is 423 g/mol. The average Bonchev–Trinajstić information content (AvgIpc) is 3.38. The largest absolute Gasteiger partial charge is 0.459 e. The molecule has 3 aromatic rings. The Labute approximate surface area is 192 Å². The first kappa shape index (κ1) is 21.2. The minimum Gasteiger partial charge on any atom is -0.459 e. The maximum Gasteiger partial charge on any atom is 0.289 e. The van der Waals surface area contributed by atoms with Gasteiger partial charge in [-0.3, -0.25) is 4.79 Å². The summed E-state index contributed by atoms with van der Waals surface area (Å²) in [7, 11) is 3.91. The summed E-state index contributed by atoms with van der Waals surface area (Å²) in [5.41, 5.74) is 2.59. The van der Waals surface area contributed by atoms with Gasteiger partial charge in [0.1, 0.15) is 11.6 Å². The minimum atomic E-state index is -0.195. The van der Waals surface area contributed by atoms with Crippen molar-refractivity contribution in [3.05, 3.63) is 65.5 Å². The molecule has 4 heterocycles. The second-order valence-corrected chi connectivity index (χ2v) is 8.55. The van der Waals surface area contributed by atoms with E-state index in [4.69, 9.17) is 14.4 Å². The number of rotatable bonds is 4. The molecule has 2 aliphatic rings. The van der Waals surface area contributed by atoms with E-state index in [9.17, 15) is 9.18 Å². The number of aromatic nitrogens is 2. The molecule has 0 atom stereocenters. The van der Waals surface area contributed by atoms with Crippen LogP contribution < -0.4 is 14.7 Å². The summed E-state index contributed by atoms with van der Waals surface area (Å²) in [6.45, 7) is 3.85. The van der Waals surface area contributed by atoms with Crippen molar-refractivity contribution in [2.24, 2.45) is 0 Å². The number of amides is 1. The molecule has 0 aliphatic carbocycles. The van der Waals surface area contributed by atoms with Crippen LogP contribution in [0.2, 0.25) is 0 Å². The van der Waals surface area contributed by atoms with Crippen molar-refractivity contribution in [2.45, 2.75) is 13.0 Å². The lowest BCUT2D eigenvalue weighted by Gasteiger charge is -2.37. The highest BCUT2D eigenvalue weighted by atomic mass is 19.1. The number of furan rings is 1. The van der Waals surface area contributed by atoms with Crippen LogP contribution in [-0.2, 0) is 13.0 Å². The molecule has 0 N–H and O–H groups in total. The summed E-state index contributed by atoms with van der Waals surface area (Å²) in [5, 5.41) is 0. The molecule has 1 amide bonds. The van der Waals surface area contributed by atoms with E-state index in [2.05, 4.69) is 9.80 Å². The number of carbonyl (C=O) groups is 1. The van der Waals surface area contributed by atoms with Crippen LogP contribution in [0.25, 0.3) is 0 Å². The summed E-state index contributed by atoms with van der Waals surface area (Å²) in [4.78, 5) is 30.5. The van der Waals surface area contributed by atoms with E-state index in [0.717, 1.165) is 17.1 Å². The first-order chi connectivity index (χ1) is 16.0. The molecule has 0 unspecified atom stereocenters. The first-order valence-corrected chi connectivity index (χ1v) is 11.2. The van der Waals surface area contributed by atoms with Gasteiger partial charge in [0.15, 0.2) is 5.76 Å². The fourth-order valence-corrected chi connectivity index (χ4v) is 4.48. The highest BCUT2D eigenvalue weighted by Crippen LogP contribution is 2.29. The number of halogens is 1. The third-order valence-corrected chi connectivity index (χ3v) is 6.23. The second-order valence-electron chi connectivity index (χ2n) is 8.55. The van der Waals surface area contributed by atoms with E-state index in [-0.39, 0.29) is 11.7 Å². The van der Waals surface area contributed by atoms with Crippen LogP contribution >= 0.6 is 0 Å². The highest BCUT2D eigenvalue weighted by molar-refractivity contribution is 5.91. The van der Waals surface area contributed by atoms with Gasteiger partial charge in [0, 0.05) is 58.8 Å². The van der Waals surface area contributed by atoms with Crippen LogP contribution in [0.3, 0.4) is 0 Å². The molecule has 33 heavy (non-hydrogen) atoms. The van der Waals surface area contributed by atoms with Crippen molar-refractivity contribution >= 4 is 23.4 Å². The van der Waals surface area contributed by atoms with E-state index in [1.165, 1.54) is 12.3 Å². The SMILES string of the molecule is CN(C)c1nc(N2CCN(c3ccccc3F)CC2)nc2c1CN(C(=O)c1ccco1)CC2. The molecule has 9 heteroatoms. The van der Waals surface area contributed by atoms with E-state index in [0.29, 0.717) is 63.1 Å². The Morgan fingerprint density at radius 2 is 1.76 bits per heavy atom. The topological polar surface area (TPSA) is 69.0 Å². The highest BCUT2D eigenvalue weighted by Gasteiger charge is 2.29. The summed E-state index contributed by atoms with van der Waals surface area (Å²) >= 11 is 0. The molecule has 8 nitrogen and oxygen atoms in total. The van der Waals surface area contributed by atoms with Gasteiger partial charge in [-0.15, -0.1) is 0 Å². The lowest BCUT2D eigenvalue weighted by Crippen LogP contribution is -2.47. The zero-order valence-electron chi connectivity index (χ0n) is 18.9. The molecule has 1 saturated heterocycles. The lowest BCUT2D eigenvalue weighted by molar-refractivity contribution is 0.0701. The van der Waals surface area contributed by atoms with Gasteiger partial charge in [-0.1, -0.05) is 12.1 Å².